The second-order valence-corrected chi connectivity index (χ2v) is 6.93. The molecule has 1 amide bonds. The number of hydrogen-bond donors (Lipinski definition) is 1. The van der Waals surface area contributed by atoms with Crippen LogP contribution < -0.4 is 14.7 Å². The minimum Gasteiger partial charge on any atom is -0.465 e. The number of piperidine rings is 1. The number of hydrogen-bond acceptors (Lipinski definition) is 3. The quantitative estimate of drug-likeness (QED) is 0.838. The SMILES string of the molecule is O=C(O)N1CCN(c2ccc(N3CCC(F)(F)CC3)cc2)c2ccccc21. The van der Waals surface area contributed by atoms with Crippen LogP contribution in [0.25, 0.3) is 0 Å². The molecular formula is C20H21F2N3O2. The van der Waals surface area contributed by atoms with Gasteiger partial charge in [-0.1, -0.05) is 12.1 Å². The highest BCUT2D eigenvalue weighted by atomic mass is 19.3. The third-order valence-corrected chi connectivity index (χ3v) is 5.26. The van der Waals surface area contributed by atoms with E-state index >= 15 is 0 Å². The molecule has 2 aromatic carbocycles. The Morgan fingerprint density at radius 1 is 0.852 bits per heavy atom. The van der Waals surface area contributed by atoms with Gasteiger partial charge in [-0.25, -0.2) is 13.6 Å². The maximum atomic E-state index is 13.4. The van der Waals surface area contributed by atoms with E-state index in [4.69, 9.17) is 0 Å². The summed E-state index contributed by atoms with van der Waals surface area (Å²) in [5.41, 5.74) is 3.40. The molecule has 2 aliphatic heterocycles. The van der Waals surface area contributed by atoms with Crippen molar-refractivity contribution < 1.29 is 18.7 Å². The average Bonchev–Trinajstić information content (AvgIpc) is 2.67. The molecule has 0 saturated carbocycles. The zero-order valence-electron chi connectivity index (χ0n) is 14.8. The molecule has 2 aliphatic rings. The zero-order valence-corrected chi connectivity index (χ0v) is 14.8. The molecule has 1 N–H and O–H groups in total. The third kappa shape index (κ3) is 3.41. The first-order valence-corrected chi connectivity index (χ1v) is 9.04. The van der Waals surface area contributed by atoms with Crippen molar-refractivity contribution >= 4 is 28.8 Å². The van der Waals surface area contributed by atoms with Crippen LogP contribution in [-0.4, -0.2) is 43.3 Å². The first-order chi connectivity index (χ1) is 12.9. The molecule has 0 unspecified atom stereocenters. The van der Waals surface area contributed by atoms with Gasteiger partial charge < -0.3 is 14.9 Å². The van der Waals surface area contributed by atoms with Gasteiger partial charge in [0.05, 0.1) is 11.4 Å². The van der Waals surface area contributed by atoms with Crippen LogP contribution in [0.4, 0.5) is 36.3 Å². The molecule has 4 rings (SSSR count). The van der Waals surface area contributed by atoms with Crippen molar-refractivity contribution in [2.45, 2.75) is 18.8 Å². The number of anilines is 4. The van der Waals surface area contributed by atoms with Crippen molar-refractivity contribution in [1.29, 1.82) is 0 Å². The van der Waals surface area contributed by atoms with E-state index in [1.54, 1.807) is 6.07 Å². The molecule has 1 fully saturated rings. The van der Waals surface area contributed by atoms with E-state index in [2.05, 4.69) is 4.90 Å². The van der Waals surface area contributed by atoms with E-state index in [0.29, 0.717) is 31.9 Å². The van der Waals surface area contributed by atoms with Crippen LogP contribution in [0.1, 0.15) is 12.8 Å². The number of fused-ring (bicyclic) bond motifs is 1. The minimum absolute atomic E-state index is 0.112. The van der Waals surface area contributed by atoms with E-state index in [1.165, 1.54) is 4.90 Å². The van der Waals surface area contributed by atoms with Gasteiger partial charge in [-0.3, -0.25) is 4.90 Å². The van der Waals surface area contributed by atoms with E-state index in [0.717, 1.165) is 17.1 Å². The Hall–Kier alpha value is -2.83. The Bertz CT molecular complexity index is 831. The van der Waals surface area contributed by atoms with Gasteiger partial charge in [0.1, 0.15) is 0 Å². The lowest BCUT2D eigenvalue weighted by Crippen LogP contribution is -2.41. The van der Waals surface area contributed by atoms with E-state index in [-0.39, 0.29) is 12.8 Å². The number of amides is 1. The number of carboxylic acid groups (broad SMARTS) is 1. The van der Waals surface area contributed by atoms with Crippen molar-refractivity contribution in [2.75, 3.05) is 40.9 Å². The summed E-state index contributed by atoms with van der Waals surface area (Å²) >= 11 is 0. The fourth-order valence-corrected chi connectivity index (χ4v) is 3.76. The summed E-state index contributed by atoms with van der Waals surface area (Å²) in [6, 6.07) is 15.3. The lowest BCUT2D eigenvalue weighted by atomic mass is 10.1. The lowest BCUT2D eigenvalue weighted by Gasteiger charge is -2.37. The van der Waals surface area contributed by atoms with Crippen molar-refractivity contribution in [3.05, 3.63) is 48.5 Å². The summed E-state index contributed by atoms with van der Waals surface area (Å²) in [5.74, 6) is -2.55. The molecule has 142 valence electrons. The molecule has 0 spiro atoms. The molecule has 2 aromatic rings. The predicted octanol–water partition coefficient (Wildman–Crippen LogP) is 4.56. The summed E-state index contributed by atoms with van der Waals surface area (Å²) < 4.78 is 26.7. The number of para-hydroxylation sites is 2. The number of alkyl halides is 2. The lowest BCUT2D eigenvalue weighted by molar-refractivity contribution is -0.0220. The maximum Gasteiger partial charge on any atom is 0.411 e. The first kappa shape index (κ1) is 17.6. The number of halogens is 2. The monoisotopic (exact) mass is 373 g/mol. The molecule has 27 heavy (non-hydrogen) atoms. The first-order valence-electron chi connectivity index (χ1n) is 9.04. The van der Waals surface area contributed by atoms with Gasteiger partial charge >= 0.3 is 6.09 Å². The third-order valence-electron chi connectivity index (χ3n) is 5.26. The van der Waals surface area contributed by atoms with Gasteiger partial charge in [-0.15, -0.1) is 0 Å². The van der Waals surface area contributed by atoms with E-state index in [1.807, 2.05) is 47.4 Å². The Labute approximate surface area is 156 Å². The highest BCUT2D eigenvalue weighted by molar-refractivity contribution is 5.94. The fraction of sp³-hybridized carbons (Fsp3) is 0.350. The standard InChI is InChI=1S/C20H21F2N3O2/c21-20(22)9-11-23(12-10-20)15-5-7-16(8-6-15)24-13-14-25(19(26)27)18-4-2-1-3-17(18)24/h1-8H,9-14H2,(H,26,27). The number of carbonyl (C=O) groups is 1. The summed E-state index contributed by atoms with van der Waals surface area (Å²) in [6.07, 6.45) is -1.18. The highest BCUT2D eigenvalue weighted by Gasteiger charge is 2.34. The van der Waals surface area contributed by atoms with Crippen LogP contribution in [0.3, 0.4) is 0 Å². The normalized spacial score (nSPS) is 19.0. The molecule has 0 bridgehead atoms. The number of rotatable bonds is 2. The molecule has 1 saturated heterocycles. The van der Waals surface area contributed by atoms with Crippen LogP contribution in [0.15, 0.2) is 48.5 Å². The van der Waals surface area contributed by atoms with Crippen LogP contribution in [-0.2, 0) is 0 Å². The van der Waals surface area contributed by atoms with Gasteiger partial charge in [0.25, 0.3) is 5.92 Å². The second-order valence-electron chi connectivity index (χ2n) is 6.93. The van der Waals surface area contributed by atoms with Crippen molar-refractivity contribution in [2.24, 2.45) is 0 Å². The molecule has 5 nitrogen and oxygen atoms in total. The summed E-state index contributed by atoms with van der Waals surface area (Å²) in [4.78, 5) is 16.9. The van der Waals surface area contributed by atoms with Gasteiger partial charge in [0.2, 0.25) is 0 Å². The Balaban J connectivity index is 1.56. The topological polar surface area (TPSA) is 47.0 Å². The van der Waals surface area contributed by atoms with E-state index < -0.39 is 12.0 Å². The highest BCUT2D eigenvalue weighted by Crippen LogP contribution is 2.38. The Kier molecular flexibility index (Phi) is 4.37. The average molecular weight is 373 g/mol. The minimum atomic E-state index is -2.55. The van der Waals surface area contributed by atoms with Crippen LogP contribution in [0.2, 0.25) is 0 Å². The van der Waals surface area contributed by atoms with Gasteiger partial charge in [-0.2, -0.15) is 0 Å². The van der Waals surface area contributed by atoms with Gasteiger partial charge in [-0.05, 0) is 36.4 Å². The van der Waals surface area contributed by atoms with Crippen molar-refractivity contribution in [3.63, 3.8) is 0 Å². The molecule has 0 atom stereocenters. The summed E-state index contributed by atoms with van der Waals surface area (Å²) in [5, 5.41) is 9.41. The summed E-state index contributed by atoms with van der Waals surface area (Å²) in [6.45, 7) is 1.65. The Morgan fingerprint density at radius 2 is 1.44 bits per heavy atom. The largest absolute Gasteiger partial charge is 0.465 e. The van der Waals surface area contributed by atoms with Crippen molar-refractivity contribution in [1.82, 2.24) is 0 Å². The van der Waals surface area contributed by atoms with Gasteiger partial charge in [0.15, 0.2) is 0 Å². The molecular weight excluding hydrogens is 352 g/mol. The molecule has 0 radical (unpaired) electrons. The molecule has 7 heteroatoms. The smallest absolute Gasteiger partial charge is 0.411 e. The van der Waals surface area contributed by atoms with Crippen LogP contribution >= 0.6 is 0 Å². The summed E-state index contributed by atoms with van der Waals surface area (Å²) in [7, 11) is 0. The molecule has 2 heterocycles. The molecule has 0 aliphatic carbocycles. The van der Waals surface area contributed by atoms with Crippen LogP contribution in [0, 0.1) is 0 Å². The number of nitrogens with zero attached hydrogens (tertiary/aromatic N) is 3. The zero-order chi connectivity index (χ0) is 19.0. The van der Waals surface area contributed by atoms with E-state index in [9.17, 15) is 18.7 Å². The van der Waals surface area contributed by atoms with Crippen molar-refractivity contribution in [3.8, 4) is 0 Å². The van der Waals surface area contributed by atoms with Gasteiger partial charge in [0, 0.05) is 50.4 Å². The second kappa shape index (κ2) is 6.72. The number of benzene rings is 2. The van der Waals surface area contributed by atoms with Crippen LogP contribution in [0.5, 0.6) is 0 Å². The predicted molar refractivity (Wildman–Crippen MR) is 102 cm³/mol. The Morgan fingerprint density at radius 3 is 2.07 bits per heavy atom. The maximum absolute atomic E-state index is 13.4. The fourth-order valence-electron chi connectivity index (χ4n) is 3.76. The molecule has 0 aromatic heterocycles.